The molecule has 4 aliphatic carbocycles. The molecule has 4 aliphatic rings. The van der Waals surface area contributed by atoms with E-state index in [0.29, 0.717) is 11.8 Å². The van der Waals surface area contributed by atoms with Crippen LogP contribution in [0, 0.1) is 60.3 Å². The van der Waals surface area contributed by atoms with Crippen LogP contribution in [-0.4, -0.2) is 0 Å². The maximum absolute atomic E-state index is 2.43. The summed E-state index contributed by atoms with van der Waals surface area (Å²) in [5.74, 6) is 1.16. The fourth-order valence-corrected chi connectivity index (χ4v) is 12.6. The summed E-state index contributed by atoms with van der Waals surface area (Å²) in [5, 5.41) is 0. The number of rotatable bonds is 6. The SMILES string of the molecule is CC.CC.CC.CC.CCC(C)/C=C\c1ccc(C)c(C)c1C.CCCC1=CC=C2c3ccccc3C3(c4ccccc4-c4ccccc43)C2C1.Cc1ccc(-c2ccccc2)cc1.Cc1ccc2c(c1)C(C)(C)c1cc(C)ccc1-2.Cc1ccccc1. The van der Waals surface area contributed by atoms with E-state index in [1.807, 2.05) is 79.7 Å². The van der Waals surface area contributed by atoms with Gasteiger partial charge in [0.15, 0.2) is 0 Å². The summed E-state index contributed by atoms with van der Waals surface area (Å²) in [7, 11) is 0. The largest absolute Gasteiger partial charge is 0.0811 e. The Hall–Kier alpha value is -7.80. The van der Waals surface area contributed by atoms with Crippen LogP contribution in [0.4, 0.5) is 0 Å². The summed E-state index contributed by atoms with van der Waals surface area (Å²) in [6.45, 7) is 42.5. The minimum Gasteiger partial charge on any atom is -0.0811 e. The molecule has 0 aromatic heterocycles. The second-order valence-corrected chi connectivity index (χ2v) is 23.5. The van der Waals surface area contributed by atoms with Crippen molar-refractivity contribution in [2.45, 2.75) is 175 Å². The summed E-state index contributed by atoms with van der Waals surface area (Å²) in [6.07, 6.45) is 14.2. The highest BCUT2D eigenvalue weighted by Crippen LogP contribution is 2.65. The van der Waals surface area contributed by atoms with E-state index in [2.05, 4.69) is 289 Å². The Morgan fingerprint density at radius 2 is 0.841 bits per heavy atom. The van der Waals surface area contributed by atoms with E-state index < -0.39 is 0 Å². The van der Waals surface area contributed by atoms with Gasteiger partial charge in [-0.2, -0.15) is 0 Å². The number of aryl methyl sites for hydroxylation is 5. The first-order chi connectivity index (χ1) is 42.7. The zero-order valence-corrected chi connectivity index (χ0v) is 57.9. The standard InChI is InChI=1S/C28H24.C17H18.C15H22.C13H12.C7H8.4C2H6/c1-2-9-19-16-17-23-22-12-5-8-15-26(22)28(27(23)18-19)24-13-6-3-10-20(24)21-11-4-7-14-25(21)28;1-11-5-7-13-14-8-6-12(2)10-16(14)17(3,4)15(13)9-11;1-6-11(2)7-9-15-10-8-12(3)13(4)14(15)5;1-11-7-9-13(10-8-11)12-5-3-2-4-6-12;1-7-5-3-2-4-6-7;4*1-2/h3-8,10-17,27H,2,9,18H2,1H3;5-10H,1-4H3;7-11H,6H2,1-5H3;2-10H,1H3;2-6H,1H3;4*1-2H3/b;;9-7-;;;;;;. The van der Waals surface area contributed by atoms with E-state index in [9.17, 15) is 0 Å². The van der Waals surface area contributed by atoms with E-state index in [4.69, 9.17) is 0 Å². The van der Waals surface area contributed by atoms with Crippen molar-refractivity contribution in [3.8, 4) is 33.4 Å². The molecule has 0 saturated carbocycles. The van der Waals surface area contributed by atoms with Gasteiger partial charge in [-0.1, -0.05) is 361 Å². The lowest BCUT2D eigenvalue weighted by atomic mass is 9.64. The summed E-state index contributed by atoms with van der Waals surface area (Å²) < 4.78 is 0. The molecule has 88 heavy (non-hydrogen) atoms. The highest BCUT2D eigenvalue weighted by atomic mass is 14.6. The van der Waals surface area contributed by atoms with E-state index in [1.54, 1.807) is 5.57 Å². The highest BCUT2D eigenvalue weighted by molar-refractivity contribution is 5.92. The van der Waals surface area contributed by atoms with Crippen molar-refractivity contribution >= 4 is 11.6 Å². The van der Waals surface area contributed by atoms with Crippen LogP contribution < -0.4 is 0 Å². The van der Waals surface area contributed by atoms with Crippen LogP contribution in [0.3, 0.4) is 0 Å². The van der Waals surface area contributed by atoms with Gasteiger partial charge in [0.1, 0.15) is 0 Å². The second-order valence-electron chi connectivity index (χ2n) is 23.5. The molecule has 2 unspecified atom stereocenters. The molecule has 0 fully saturated rings. The monoisotopic (exact) mass is 1160 g/mol. The van der Waals surface area contributed by atoms with Gasteiger partial charge in [0.05, 0.1) is 5.41 Å². The van der Waals surface area contributed by atoms with Gasteiger partial charge in [0.25, 0.3) is 0 Å². The van der Waals surface area contributed by atoms with Crippen LogP contribution in [0.2, 0.25) is 0 Å². The topological polar surface area (TPSA) is 0 Å². The Balaban J connectivity index is 0.000000206. The lowest BCUT2D eigenvalue weighted by Gasteiger charge is -2.37. The lowest BCUT2D eigenvalue weighted by molar-refractivity contribution is 0.479. The van der Waals surface area contributed by atoms with Crippen LogP contribution in [0.25, 0.3) is 45.0 Å². The van der Waals surface area contributed by atoms with E-state index in [0.717, 1.165) is 6.42 Å². The Labute approximate surface area is 536 Å². The number of fused-ring (bicyclic) bond motifs is 13. The third-order valence-electron chi connectivity index (χ3n) is 17.5. The summed E-state index contributed by atoms with van der Waals surface area (Å²) in [6, 6.07) is 74.7. The number of benzene rings is 9. The molecule has 13 rings (SSSR count). The molecule has 460 valence electrons. The molecule has 0 aliphatic heterocycles. The average molecular weight is 1170 g/mol. The molecule has 0 N–H and O–H groups in total. The van der Waals surface area contributed by atoms with Crippen molar-refractivity contribution in [2.75, 3.05) is 0 Å². The first-order valence-electron chi connectivity index (χ1n) is 33.5. The third kappa shape index (κ3) is 16.3. The quantitative estimate of drug-likeness (QED) is 0.156. The van der Waals surface area contributed by atoms with Crippen LogP contribution in [0.15, 0.2) is 230 Å². The van der Waals surface area contributed by atoms with Crippen LogP contribution in [0.5, 0.6) is 0 Å². The molecule has 0 saturated heterocycles. The van der Waals surface area contributed by atoms with Gasteiger partial charge in [0.2, 0.25) is 0 Å². The van der Waals surface area contributed by atoms with Crippen molar-refractivity contribution in [2.24, 2.45) is 11.8 Å². The van der Waals surface area contributed by atoms with Gasteiger partial charge in [-0.25, -0.2) is 0 Å². The Morgan fingerprint density at radius 3 is 1.32 bits per heavy atom. The molecular formula is C88H108. The molecule has 0 bridgehead atoms. The normalized spacial score (nSPS) is 14.1. The third-order valence-corrected chi connectivity index (χ3v) is 17.5. The molecule has 0 heteroatoms. The minimum absolute atomic E-state index is 0.0527. The average Bonchev–Trinajstić information content (AvgIpc) is 1.52. The van der Waals surface area contributed by atoms with Crippen LogP contribution >= 0.6 is 0 Å². The zero-order valence-electron chi connectivity index (χ0n) is 57.9. The molecule has 0 amide bonds. The van der Waals surface area contributed by atoms with E-state index in [1.165, 1.54) is 136 Å². The first-order valence-corrected chi connectivity index (χ1v) is 33.5. The fraction of sp³-hybridized carbons (Fsp3) is 0.318. The van der Waals surface area contributed by atoms with Gasteiger partial charge < -0.3 is 0 Å². The van der Waals surface area contributed by atoms with Crippen LogP contribution in [-0.2, 0) is 10.8 Å². The van der Waals surface area contributed by atoms with Gasteiger partial charge >= 0.3 is 0 Å². The summed E-state index contributed by atoms with van der Waals surface area (Å²) in [4.78, 5) is 0. The van der Waals surface area contributed by atoms with E-state index >= 15 is 0 Å². The molecule has 1 spiro atoms. The summed E-state index contributed by atoms with van der Waals surface area (Å²) >= 11 is 0. The fourth-order valence-electron chi connectivity index (χ4n) is 12.6. The smallest absolute Gasteiger partial charge is 0.0541 e. The predicted molar refractivity (Wildman–Crippen MR) is 393 cm³/mol. The molecule has 9 aromatic carbocycles. The molecular weight excluding hydrogens is 1060 g/mol. The van der Waals surface area contributed by atoms with Crippen molar-refractivity contribution in [1.29, 1.82) is 0 Å². The first kappa shape index (κ1) is 71.0. The van der Waals surface area contributed by atoms with Gasteiger partial charge in [-0.3, -0.25) is 0 Å². The maximum atomic E-state index is 2.43. The lowest BCUT2D eigenvalue weighted by Crippen LogP contribution is -2.33. The van der Waals surface area contributed by atoms with Gasteiger partial charge in [-0.15, -0.1) is 0 Å². The Kier molecular flexibility index (Phi) is 28.0. The highest BCUT2D eigenvalue weighted by Gasteiger charge is 2.56. The van der Waals surface area contributed by atoms with Gasteiger partial charge in [-0.05, 0) is 162 Å². The van der Waals surface area contributed by atoms with Crippen molar-refractivity contribution < 1.29 is 0 Å². The molecule has 2 atom stereocenters. The summed E-state index contributed by atoms with van der Waals surface area (Å²) in [5.41, 5.74) is 31.2. The van der Waals surface area contributed by atoms with Crippen molar-refractivity contribution in [1.82, 2.24) is 0 Å². The van der Waals surface area contributed by atoms with Gasteiger partial charge in [0, 0.05) is 11.3 Å². The van der Waals surface area contributed by atoms with E-state index in [-0.39, 0.29) is 10.8 Å². The zero-order chi connectivity index (χ0) is 64.6. The number of hydrogen-bond donors (Lipinski definition) is 0. The Bertz CT molecular complexity index is 3570. The minimum atomic E-state index is -0.0527. The molecule has 9 aromatic rings. The number of hydrogen-bond acceptors (Lipinski definition) is 0. The maximum Gasteiger partial charge on any atom is 0.0541 e. The molecule has 0 radical (unpaired) electrons. The predicted octanol–water partition coefficient (Wildman–Crippen LogP) is 26.2. The van der Waals surface area contributed by atoms with Crippen molar-refractivity contribution in [3.05, 3.63) is 308 Å². The molecule has 0 nitrogen and oxygen atoms in total. The van der Waals surface area contributed by atoms with Crippen LogP contribution in [0.1, 0.15) is 194 Å². The van der Waals surface area contributed by atoms with Crippen molar-refractivity contribution in [3.63, 3.8) is 0 Å². The molecule has 0 heterocycles. The number of allylic oxidation sites excluding steroid dienone is 5. The second kappa shape index (κ2) is 34.7. The Morgan fingerprint density at radius 1 is 0.420 bits per heavy atom.